The molecule has 1 atom stereocenters. The smallest absolute Gasteiger partial charge is 0.336 e. The van der Waals surface area contributed by atoms with Crippen molar-refractivity contribution in [2.75, 3.05) is 18.1 Å². The molecule has 0 aliphatic carbocycles. The molecule has 0 saturated carbocycles. The Kier molecular flexibility index (Phi) is 4.62. The average molecular weight is 384 g/mol. The van der Waals surface area contributed by atoms with E-state index in [4.69, 9.17) is 21.1 Å². The van der Waals surface area contributed by atoms with E-state index in [0.29, 0.717) is 34.3 Å². The SMILES string of the molecule is CCOc1ccccc1[C@H]1CC(=O)N(c2ccc(Cl)cc2)C2=C1C(=O)OC2. The molecule has 0 bridgehead atoms. The monoisotopic (exact) mass is 383 g/mol. The predicted octanol–water partition coefficient (Wildman–Crippen LogP) is 4.07. The fraction of sp³-hybridized carbons (Fsp3) is 0.238. The Hall–Kier alpha value is -2.79. The van der Waals surface area contributed by atoms with E-state index in [9.17, 15) is 9.59 Å². The molecule has 0 aromatic heterocycles. The van der Waals surface area contributed by atoms with Gasteiger partial charge in [-0.25, -0.2) is 4.79 Å². The van der Waals surface area contributed by atoms with Crippen molar-refractivity contribution in [3.63, 3.8) is 0 Å². The Labute approximate surface area is 162 Å². The van der Waals surface area contributed by atoms with Crippen LogP contribution in [0, 0.1) is 0 Å². The van der Waals surface area contributed by atoms with Crippen LogP contribution in [-0.2, 0) is 14.3 Å². The van der Waals surface area contributed by atoms with E-state index in [1.54, 1.807) is 29.2 Å². The summed E-state index contributed by atoms with van der Waals surface area (Å²) in [6, 6.07) is 14.5. The van der Waals surface area contributed by atoms with Gasteiger partial charge in [-0.05, 0) is 37.3 Å². The van der Waals surface area contributed by atoms with Crippen LogP contribution >= 0.6 is 11.6 Å². The van der Waals surface area contributed by atoms with E-state index >= 15 is 0 Å². The van der Waals surface area contributed by atoms with Gasteiger partial charge in [-0.15, -0.1) is 0 Å². The van der Waals surface area contributed by atoms with Crippen LogP contribution in [0.25, 0.3) is 0 Å². The van der Waals surface area contributed by atoms with Crippen LogP contribution in [0.15, 0.2) is 59.8 Å². The fourth-order valence-electron chi connectivity index (χ4n) is 3.66. The van der Waals surface area contributed by atoms with Gasteiger partial charge in [-0.2, -0.15) is 0 Å². The highest BCUT2D eigenvalue weighted by atomic mass is 35.5. The minimum atomic E-state index is -0.382. The quantitative estimate of drug-likeness (QED) is 0.747. The molecule has 0 fully saturated rings. The summed E-state index contributed by atoms with van der Waals surface area (Å²) in [6.07, 6.45) is 0.167. The van der Waals surface area contributed by atoms with Crippen molar-refractivity contribution in [3.05, 3.63) is 70.4 Å². The molecule has 1 amide bonds. The first kappa shape index (κ1) is 17.6. The van der Waals surface area contributed by atoms with Gasteiger partial charge in [-0.1, -0.05) is 29.8 Å². The second-order valence-electron chi connectivity index (χ2n) is 6.37. The number of rotatable bonds is 4. The van der Waals surface area contributed by atoms with Crippen molar-refractivity contribution >= 4 is 29.2 Å². The predicted molar refractivity (Wildman–Crippen MR) is 102 cm³/mol. The number of ether oxygens (including phenoxy) is 2. The largest absolute Gasteiger partial charge is 0.494 e. The van der Waals surface area contributed by atoms with Crippen LogP contribution < -0.4 is 9.64 Å². The third-order valence-corrected chi connectivity index (χ3v) is 5.05. The van der Waals surface area contributed by atoms with Crippen LogP contribution in [-0.4, -0.2) is 25.1 Å². The lowest BCUT2D eigenvalue weighted by atomic mass is 9.83. The summed E-state index contributed by atoms with van der Waals surface area (Å²) in [4.78, 5) is 27.1. The molecule has 2 aromatic rings. The van der Waals surface area contributed by atoms with E-state index in [2.05, 4.69) is 0 Å². The normalized spacial score (nSPS) is 19.2. The van der Waals surface area contributed by atoms with Crippen molar-refractivity contribution in [3.8, 4) is 5.75 Å². The number of carbonyl (C=O) groups is 2. The third kappa shape index (κ3) is 3.08. The Balaban J connectivity index is 1.82. The fourth-order valence-corrected chi connectivity index (χ4v) is 3.79. The average Bonchev–Trinajstić information content (AvgIpc) is 3.05. The molecule has 2 aromatic carbocycles. The van der Waals surface area contributed by atoms with Crippen LogP contribution in [0.4, 0.5) is 5.69 Å². The second-order valence-corrected chi connectivity index (χ2v) is 6.81. The molecule has 2 aliphatic rings. The van der Waals surface area contributed by atoms with Gasteiger partial charge < -0.3 is 9.47 Å². The number of amides is 1. The molecule has 4 rings (SSSR count). The molecule has 0 unspecified atom stereocenters. The van der Waals surface area contributed by atoms with E-state index in [-0.39, 0.29) is 30.8 Å². The molecular weight excluding hydrogens is 366 g/mol. The molecule has 138 valence electrons. The summed E-state index contributed by atoms with van der Waals surface area (Å²) in [5.41, 5.74) is 2.62. The summed E-state index contributed by atoms with van der Waals surface area (Å²) in [7, 11) is 0. The van der Waals surface area contributed by atoms with E-state index in [1.165, 1.54) is 0 Å². The number of para-hydroxylation sites is 1. The third-order valence-electron chi connectivity index (χ3n) is 4.80. The Morgan fingerprint density at radius 2 is 1.89 bits per heavy atom. The number of nitrogens with zero attached hydrogens (tertiary/aromatic N) is 1. The molecule has 2 aliphatic heterocycles. The number of hydrogen-bond donors (Lipinski definition) is 0. The number of halogens is 1. The standard InChI is InChI=1S/C21H18ClNO4/c1-2-26-18-6-4-3-5-15(18)16-11-19(24)23(14-9-7-13(22)8-10-14)17-12-27-21(25)20(16)17/h3-10,16H,2,11-12H2,1H3/t16-/m1/s1. The van der Waals surface area contributed by atoms with Gasteiger partial charge in [0.05, 0.1) is 17.9 Å². The zero-order valence-electron chi connectivity index (χ0n) is 14.8. The maximum Gasteiger partial charge on any atom is 0.336 e. The molecule has 0 N–H and O–H groups in total. The maximum atomic E-state index is 13.0. The van der Waals surface area contributed by atoms with Crippen molar-refractivity contribution < 1.29 is 19.1 Å². The van der Waals surface area contributed by atoms with Crippen molar-refractivity contribution in [2.24, 2.45) is 0 Å². The molecule has 2 heterocycles. The number of anilines is 1. The molecule has 5 nitrogen and oxygen atoms in total. The highest BCUT2D eigenvalue weighted by Crippen LogP contribution is 2.44. The highest BCUT2D eigenvalue weighted by Gasteiger charge is 2.43. The molecule has 27 heavy (non-hydrogen) atoms. The minimum absolute atomic E-state index is 0.0792. The van der Waals surface area contributed by atoms with Gasteiger partial charge in [0.1, 0.15) is 12.4 Å². The first-order valence-electron chi connectivity index (χ1n) is 8.80. The van der Waals surface area contributed by atoms with Gasteiger partial charge >= 0.3 is 5.97 Å². The zero-order chi connectivity index (χ0) is 19.0. The molecule has 6 heteroatoms. The van der Waals surface area contributed by atoms with Gasteiger partial charge in [-0.3, -0.25) is 9.69 Å². The summed E-state index contributed by atoms with van der Waals surface area (Å²) in [6.45, 7) is 2.49. The summed E-state index contributed by atoms with van der Waals surface area (Å²) in [5.74, 6) is -0.170. The van der Waals surface area contributed by atoms with Gasteiger partial charge in [0, 0.05) is 28.6 Å². The summed E-state index contributed by atoms with van der Waals surface area (Å²) in [5, 5.41) is 0.583. The Morgan fingerprint density at radius 3 is 2.63 bits per heavy atom. The lowest BCUT2D eigenvalue weighted by Gasteiger charge is -2.32. The minimum Gasteiger partial charge on any atom is -0.494 e. The lowest BCUT2D eigenvalue weighted by Crippen LogP contribution is -2.37. The van der Waals surface area contributed by atoms with Crippen LogP contribution in [0.2, 0.25) is 5.02 Å². The number of carbonyl (C=O) groups excluding carboxylic acids is 2. The number of benzene rings is 2. The maximum absolute atomic E-state index is 13.0. The molecule has 0 spiro atoms. The van der Waals surface area contributed by atoms with E-state index in [0.717, 1.165) is 5.56 Å². The number of esters is 1. The highest BCUT2D eigenvalue weighted by molar-refractivity contribution is 6.30. The van der Waals surface area contributed by atoms with E-state index in [1.807, 2.05) is 31.2 Å². The van der Waals surface area contributed by atoms with E-state index < -0.39 is 0 Å². The van der Waals surface area contributed by atoms with Crippen molar-refractivity contribution in [1.29, 1.82) is 0 Å². The van der Waals surface area contributed by atoms with Gasteiger partial charge in [0.2, 0.25) is 5.91 Å². The van der Waals surface area contributed by atoms with Crippen LogP contribution in [0.5, 0.6) is 5.75 Å². The number of hydrogen-bond acceptors (Lipinski definition) is 4. The first-order chi connectivity index (χ1) is 13.1. The second kappa shape index (κ2) is 7.08. The van der Waals surface area contributed by atoms with Gasteiger partial charge in [0.25, 0.3) is 0 Å². The summed E-state index contributed by atoms with van der Waals surface area (Å²) < 4.78 is 11.0. The van der Waals surface area contributed by atoms with Crippen molar-refractivity contribution in [2.45, 2.75) is 19.3 Å². The molecule has 0 saturated heterocycles. The van der Waals surface area contributed by atoms with Crippen LogP contribution in [0.1, 0.15) is 24.8 Å². The number of cyclic esters (lactones) is 1. The van der Waals surface area contributed by atoms with Crippen molar-refractivity contribution in [1.82, 2.24) is 0 Å². The Morgan fingerprint density at radius 1 is 1.15 bits per heavy atom. The molecular formula is C21H18ClNO4. The topological polar surface area (TPSA) is 55.8 Å². The Bertz CT molecular complexity index is 935. The summed E-state index contributed by atoms with van der Waals surface area (Å²) >= 11 is 5.96. The zero-order valence-corrected chi connectivity index (χ0v) is 15.5. The molecule has 0 radical (unpaired) electrons. The first-order valence-corrected chi connectivity index (χ1v) is 9.18. The lowest BCUT2D eigenvalue weighted by molar-refractivity contribution is -0.136. The van der Waals surface area contributed by atoms with Crippen LogP contribution in [0.3, 0.4) is 0 Å². The van der Waals surface area contributed by atoms with Gasteiger partial charge in [0.15, 0.2) is 0 Å².